The van der Waals surface area contributed by atoms with Crippen molar-refractivity contribution in [2.75, 3.05) is 20.6 Å². The second-order valence-corrected chi connectivity index (χ2v) is 5.30. The van der Waals surface area contributed by atoms with Crippen LogP contribution in [-0.2, 0) is 9.59 Å². The van der Waals surface area contributed by atoms with E-state index < -0.39 is 18.1 Å². The summed E-state index contributed by atoms with van der Waals surface area (Å²) >= 11 is 0. The van der Waals surface area contributed by atoms with E-state index in [-0.39, 0.29) is 5.91 Å². The SMILES string of the molecule is CN(C)[C@@H](C(=O)N1CCC[C@H]1C(=O)O)c1ccccc1. The topological polar surface area (TPSA) is 60.9 Å². The summed E-state index contributed by atoms with van der Waals surface area (Å²) in [4.78, 5) is 27.3. The number of nitrogens with zero attached hydrogens (tertiary/aromatic N) is 2. The normalized spacial score (nSPS) is 20.1. The van der Waals surface area contributed by atoms with Gasteiger partial charge in [-0.25, -0.2) is 4.79 Å². The molecule has 1 heterocycles. The number of likely N-dealkylation sites (N-methyl/N-ethyl adjacent to an activating group) is 1. The molecule has 108 valence electrons. The first kappa shape index (κ1) is 14.5. The molecule has 5 heteroatoms. The van der Waals surface area contributed by atoms with Crippen molar-refractivity contribution in [3.05, 3.63) is 35.9 Å². The highest BCUT2D eigenvalue weighted by Crippen LogP contribution is 2.26. The molecule has 0 unspecified atom stereocenters. The van der Waals surface area contributed by atoms with Crippen molar-refractivity contribution in [2.24, 2.45) is 0 Å². The zero-order valence-corrected chi connectivity index (χ0v) is 11.8. The summed E-state index contributed by atoms with van der Waals surface area (Å²) in [6, 6.07) is 8.35. The molecule has 0 aliphatic carbocycles. The van der Waals surface area contributed by atoms with Crippen LogP contribution in [0.2, 0.25) is 0 Å². The molecule has 1 fully saturated rings. The third-order valence-electron chi connectivity index (χ3n) is 3.69. The molecule has 2 rings (SSSR count). The first-order valence-corrected chi connectivity index (χ1v) is 6.77. The predicted octanol–water partition coefficient (Wildman–Crippen LogP) is 1.36. The van der Waals surface area contributed by atoms with E-state index in [9.17, 15) is 14.7 Å². The van der Waals surface area contributed by atoms with E-state index >= 15 is 0 Å². The van der Waals surface area contributed by atoms with Gasteiger partial charge < -0.3 is 10.0 Å². The van der Waals surface area contributed by atoms with Gasteiger partial charge in [-0.05, 0) is 32.5 Å². The van der Waals surface area contributed by atoms with Gasteiger partial charge in [-0.3, -0.25) is 9.69 Å². The number of likely N-dealkylation sites (tertiary alicyclic amines) is 1. The van der Waals surface area contributed by atoms with Crippen molar-refractivity contribution in [3.63, 3.8) is 0 Å². The van der Waals surface area contributed by atoms with Gasteiger partial charge >= 0.3 is 5.97 Å². The monoisotopic (exact) mass is 276 g/mol. The average Bonchev–Trinajstić information content (AvgIpc) is 2.89. The van der Waals surface area contributed by atoms with Crippen molar-refractivity contribution < 1.29 is 14.7 Å². The molecule has 1 amide bonds. The van der Waals surface area contributed by atoms with Crippen molar-refractivity contribution in [1.29, 1.82) is 0 Å². The lowest BCUT2D eigenvalue weighted by Gasteiger charge is -2.30. The van der Waals surface area contributed by atoms with Crippen molar-refractivity contribution >= 4 is 11.9 Å². The fourth-order valence-electron chi connectivity index (χ4n) is 2.74. The molecular weight excluding hydrogens is 256 g/mol. The molecule has 0 radical (unpaired) electrons. The summed E-state index contributed by atoms with van der Waals surface area (Å²) < 4.78 is 0. The number of benzene rings is 1. The van der Waals surface area contributed by atoms with Gasteiger partial charge in [0.15, 0.2) is 0 Å². The second kappa shape index (κ2) is 6.05. The number of carboxylic acid groups (broad SMARTS) is 1. The van der Waals surface area contributed by atoms with Gasteiger partial charge in [0.2, 0.25) is 5.91 Å². The molecule has 1 aliphatic rings. The van der Waals surface area contributed by atoms with Gasteiger partial charge in [-0.2, -0.15) is 0 Å². The number of hydrogen-bond donors (Lipinski definition) is 1. The highest BCUT2D eigenvalue weighted by molar-refractivity contribution is 5.88. The van der Waals surface area contributed by atoms with Gasteiger partial charge in [0, 0.05) is 6.54 Å². The number of hydrogen-bond acceptors (Lipinski definition) is 3. The van der Waals surface area contributed by atoms with E-state index in [1.165, 1.54) is 4.90 Å². The predicted molar refractivity (Wildman–Crippen MR) is 75.2 cm³/mol. The van der Waals surface area contributed by atoms with Crippen molar-refractivity contribution in [3.8, 4) is 0 Å². The van der Waals surface area contributed by atoms with Gasteiger partial charge in [0.05, 0.1) is 0 Å². The molecule has 1 N–H and O–H groups in total. The van der Waals surface area contributed by atoms with Crippen LogP contribution in [0.25, 0.3) is 0 Å². The van der Waals surface area contributed by atoms with Crippen LogP contribution in [0.3, 0.4) is 0 Å². The Bertz CT molecular complexity index is 487. The van der Waals surface area contributed by atoms with Crippen LogP contribution < -0.4 is 0 Å². The summed E-state index contributed by atoms with van der Waals surface area (Å²) in [5.41, 5.74) is 0.888. The number of carbonyl (C=O) groups excluding carboxylic acids is 1. The van der Waals surface area contributed by atoms with E-state index in [1.54, 1.807) is 0 Å². The Labute approximate surface area is 118 Å². The lowest BCUT2D eigenvalue weighted by atomic mass is 10.0. The van der Waals surface area contributed by atoms with Crippen LogP contribution in [-0.4, -0.2) is 53.5 Å². The van der Waals surface area contributed by atoms with E-state index in [4.69, 9.17) is 0 Å². The van der Waals surface area contributed by atoms with E-state index in [2.05, 4.69) is 0 Å². The Morgan fingerprint density at radius 1 is 1.30 bits per heavy atom. The van der Waals surface area contributed by atoms with Crippen LogP contribution in [0.5, 0.6) is 0 Å². The third-order valence-corrected chi connectivity index (χ3v) is 3.69. The zero-order chi connectivity index (χ0) is 14.7. The molecule has 1 saturated heterocycles. The van der Waals surface area contributed by atoms with Crippen LogP contribution >= 0.6 is 0 Å². The molecule has 20 heavy (non-hydrogen) atoms. The van der Waals surface area contributed by atoms with Gasteiger partial charge in [0.1, 0.15) is 12.1 Å². The molecule has 0 aromatic heterocycles. The maximum Gasteiger partial charge on any atom is 0.326 e. The minimum Gasteiger partial charge on any atom is -0.480 e. The van der Waals surface area contributed by atoms with E-state index in [1.807, 2.05) is 49.3 Å². The Hall–Kier alpha value is -1.88. The van der Waals surface area contributed by atoms with Crippen LogP contribution in [0.4, 0.5) is 0 Å². The van der Waals surface area contributed by atoms with Crippen LogP contribution in [0.1, 0.15) is 24.4 Å². The molecule has 0 spiro atoms. The lowest BCUT2D eigenvalue weighted by molar-refractivity contribution is -0.150. The molecule has 1 aromatic carbocycles. The summed E-state index contributed by atoms with van der Waals surface area (Å²) in [5, 5.41) is 9.22. The van der Waals surface area contributed by atoms with E-state index in [0.717, 1.165) is 12.0 Å². The molecule has 0 saturated carbocycles. The van der Waals surface area contributed by atoms with Gasteiger partial charge in [-0.1, -0.05) is 30.3 Å². The molecular formula is C15H20N2O3. The number of aliphatic carboxylic acids is 1. The Morgan fingerprint density at radius 2 is 1.95 bits per heavy atom. The Balaban J connectivity index is 2.26. The summed E-state index contributed by atoms with van der Waals surface area (Å²) in [6.45, 7) is 0.521. The summed E-state index contributed by atoms with van der Waals surface area (Å²) in [7, 11) is 3.67. The van der Waals surface area contributed by atoms with Gasteiger partial charge in [-0.15, -0.1) is 0 Å². The highest BCUT2D eigenvalue weighted by atomic mass is 16.4. The summed E-state index contributed by atoms with van der Waals surface area (Å²) in [5.74, 6) is -1.05. The fourth-order valence-corrected chi connectivity index (χ4v) is 2.74. The summed E-state index contributed by atoms with van der Waals surface area (Å²) in [6.07, 6.45) is 1.29. The number of amides is 1. The van der Waals surface area contributed by atoms with Crippen LogP contribution in [0.15, 0.2) is 30.3 Å². The number of rotatable bonds is 4. The van der Waals surface area contributed by atoms with E-state index in [0.29, 0.717) is 13.0 Å². The lowest BCUT2D eigenvalue weighted by Crippen LogP contribution is -2.45. The molecule has 5 nitrogen and oxygen atoms in total. The minimum atomic E-state index is -0.915. The largest absolute Gasteiger partial charge is 0.480 e. The maximum absolute atomic E-state index is 12.7. The van der Waals surface area contributed by atoms with Crippen LogP contribution in [0, 0.1) is 0 Å². The quantitative estimate of drug-likeness (QED) is 0.902. The standard InChI is InChI=1S/C15H20N2O3/c1-16(2)13(11-7-4-3-5-8-11)14(18)17-10-6-9-12(17)15(19)20/h3-5,7-8,12-13H,6,9-10H2,1-2H3,(H,19,20)/t12-,13+/m0/s1. The smallest absolute Gasteiger partial charge is 0.326 e. The first-order valence-electron chi connectivity index (χ1n) is 6.77. The van der Waals surface area contributed by atoms with Gasteiger partial charge in [0.25, 0.3) is 0 Å². The number of carboxylic acids is 1. The Morgan fingerprint density at radius 3 is 2.50 bits per heavy atom. The first-order chi connectivity index (χ1) is 9.52. The number of carbonyl (C=O) groups is 2. The molecule has 2 atom stereocenters. The minimum absolute atomic E-state index is 0.133. The maximum atomic E-state index is 12.7. The third kappa shape index (κ3) is 2.82. The van der Waals surface area contributed by atoms with Crippen molar-refractivity contribution in [1.82, 2.24) is 9.80 Å². The fraction of sp³-hybridized carbons (Fsp3) is 0.467. The molecule has 1 aliphatic heterocycles. The second-order valence-electron chi connectivity index (χ2n) is 5.30. The zero-order valence-electron chi connectivity index (χ0n) is 11.8. The average molecular weight is 276 g/mol. The molecule has 1 aromatic rings. The Kier molecular flexibility index (Phi) is 4.39. The molecule has 0 bridgehead atoms. The highest BCUT2D eigenvalue weighted by Gasteiger charge is 2.38. The van der Waals surface area contributed by atoms with Crippen molar-refractivity contribution in [2.45, 2.75) is 24.9 Å².